The fourth-order valence-corrected chi connectivity index (χ4v) is 2.56. The average molecular weight is 357 g/mol. The maximum Gasteiger partial charge on any atom is 0.240 e. The predicted molar refractivity (Wildman–Crippen MR) is 88.9 cm³/mol. The van der Waals surface area contributed by atoms with Crippen molar-refractivity contribution < 1.29 is 22.7 Å². The first-order valence-corrected chi connectivity index (χ1v) is 8.92. The zero-order valence-electron chi connectivity index (χ0n) is 13.8. The molecule has 0 saturated carbocycles. The number of hydrogen-bond acceptors (Lipinski definition) is 5. The topological polar surface area (TPSA) is 114 Å². The molecule has 9 heteroatoms. The van der Waals surface area contributed by atoms with E-state index in [9.17, 15) is 18.0 Å². The molecule has 0 heterocycles. The van der Waals surface area contributed by atoms with Crippen molar-refractivity contribution in [3.05, 3.63) is 29.8 Å². The van der Waals surface area contributed by atoms with Crippen molar-refractivity contribution in [3.63, 3.8) is 0 Å². The van der Waals surface area contributed by atoms with E-state index in [0.717, 1.165) is 5.56 Å². The van der Waals surface area contributed by atoms with Crippen LogP contribution in [0, 0.1) is 0 Å². The molecule has 0 unspecified atom stereocenters. The highest BCUT2D eigenvalue weighted by Gasteiger charge is 2.11. The van der Waals surface area contributed by atoms with E-state index in [-0.39, 0.29) is 29.7 Å². The predicted octanol–water partition coefficient (Wildman–Crippen LogP) is -0.594. The van der Waals surface area contributed by atoms with Gasteiger partial charge in [-0.15, -0.1) is 0 Å². The van der Waals surface area contributed by atoms with E-state index in [0.29, 0.717) is 19.6 Å². The number of ether oxygens (including phenoxy) is 1. The van der Waals surface area contributed by atoms with Crippen LogP contribution in [0.1, 0.15) is 12.0 Å². The number of amides is 2. The van der Waals surface area contributed by atoms with Gasteiger partial charge in [-0.05, 0) is 31.2 Å². The Labute approximate surface area is 142 Å². The fourth-order valence-electron chi connectivity index (χ4n) is 1.83. The smallest absolute Gasteiger partial charge is 0.240 e. The van der Waals surface area contributed by atoms with Crippen LogP contribution in [0.15, 0.2) is 29.2 Å². The van der Waals surface area contributed by atoms with Crippen LogP contribution >= 0.6 is 0 Å². The lowest BCUT2D eigenvalue weighted by molar-refractivity contribution is -0.126. The van der Waals surface area contributed by atoms with Crippen molar-refractivity contribution in [2.45, 2.75) is 17.7 Å². The molecule has 0 aliphatic heterocycles. The molecule has 134 valence electrons. The average Bonchev–Trinajstić information content (AvgIpc) is 2.58. The van der Waals surface area contributed by atoms with Crippen LogP contribution in [-0.2, 0) is 30.8 Å². The van der Waals surface area contributed by atoms with Crippen LogP contribution in [0.2, 0.25) is 0 Å². The van der Waals surface area contributed by atoms with Crippen LogP contribution in [0.25, 0.3) is 0 Å². The third-order valence-corrected chi connectivity index (χ3v) is 4.65. The SMILES string of the molecule is CNS(=O)(=O)c1ccc(CCC(=O)NCC(=O)NCCOC)cc1. The van der Waals surface area contributed by atoms with Gasteiger partial charge in [-0.25, -0.2) is 13.1 Å². The zero-order valence-corrected chi connectivity index (χ0v) is 14.6. The molecule has 24 heavy (non-hydrogen) atoms. The molecule has 3 N–H and O–H groups in total. The Hall–Kier alpha value is -1.97. The maximum atomic E-state index is 11.7. The Bertz CT molecular complexity index is 644. The molecule has 0 atom stereocenters. The van der Waals surface area contributed by atoms with Crippen molar-refractivity contribution in [3.8, 4) is 0 Å². The van der Waals surface area contributed by atoms with Gasteiger partial charge < -0.3 is 15.4 Å². The van der Waals surface area contributed by atoms with Gasteiger partial charge in [-0.2, -0.15) is 0 Å². The normalized spacial score (nSPS) is 11.1. The summed E-state index contributed by atoms with van der Waals surface area (Å²) in [5.41, 5.74) is 0.838. The van der Waals surface area contributed by atoms with Crippen LogP contribution in [0.4, 0.5) is 0 Å². The van der Waals surface area contributed by atoms with Crippen LogP contribution in [-0.4, -0.2) is 54.1 Å². The molecule has 0 aromatic heterocycles. The number of rotatable bonds is 10. The standard InChI is InChI=1S/C15H23N3O5S/c1-16-24(21,22)13-6-3-12(4-7-13)5-8-14(19)18-11-15(20)17-9-10-23-2/h3-4,6-7,16H,5,8-11H2,1-2H3,(H,17,20)(H,18,19). The summed E-state index contributed by atoms with van der Waals surface area (Å²) < 4.78 is 30.2. The van der Waals surface area contributed by atoms with Gasteiger partial charge in [0.2, 0.25) is 21.8 Å². The Morgan fingerprint density at radius 2 is 1.75 bits per heavy atom. The molecular formula is C15H23N3O5S. The molecule has 1 aromatic rings. The summed E-state index contributed by atoms with van der Waals surface area (Å²) in [6.45, 7) is 0.730. The molecule has 8 nitrogen and oxygen atoms in total. The highest BCUT2D eigenvalue weighted by Crippen LogP contribution is 2.11. The second kappa shape index (κ2) is 10.0. The Morgan fingerprint density at radius 1 is 1.08 bits per heavy atom. The molecule has 0 bridgehead atoms. The molecule has 2 amide bonds. The first-order chi connectivity index (χ1) is 11.4. The molecule has 0 aliphatic carbocycles. The molecule has 0 saturated heterocycles. The molecule has 0 spiro atoms. The zero-order chi connectivity index (χ0) is 18.0. The van der Waals surface area contributed by atoms with Crippen molar-refractivity contribution in [2.24, 2.45) is 0 Å². The summed E-state index contributed by atoms with van der Waals surface area (Å²) in [6, 6.07) is 6.30. The highest BCUT2D eigenvalue weighted by atomic mass is 32.2. The van der Waals surface area contributed by atoms with Gasteiger partial charge in [-0.1, -0.05) is 12.1 Å². The van der Waals surface area contributed by atoms with Gasteiger partial charge in [0, 0.05) is 20.1 Å². The second-order valence-electron chi connectivity index (χ2n) is 4.97. The van der Waals surface area contributed by atoms with Crippen LogP contribution < -0.4 is 15.4 Å². The minimum absolute atomic E-state index is 0.0814. The lowest BCUT2D eigenvalue weighted by Gasteiger charge is -2.07. The number of carbonyl (C=O) groups excluding carboxylic acids is 2. The number of benzene rings is 1. The molecule has 1 rings (SSSR count). The van der Waals surface area contributed by atoms with Gasteiger partial charge in [0.15, 0.2) is 0 Å². The lowest BCUT2D eigenvalue weighted by Crippen LogP contribution is -2.38. The third kappa shape index (κ3) is 7.07. The van der Waals surface area contributed by atoms with Gasteiger partial charge >= 0.3 is 0 Å². The summed E-state index contributed by atoms with van der Waals surface area (Å²) in [7, 11) is -0.574. The van der Waals surface area contributed by atoms with E-state index < -0.39 is 10.0 Å². The largest absolute Gasteiger partial charge is 0.383 e. The molecule has 0 fully saturated rings. The van der Waals surface area contributed by atoms with Crippen molar-refractivity contribution in [2.75, 3.05) is 33.9 Å². The number of sulfonamides is 1. The lowest BCUT2D eigenvalue weighted by atomic mass is 10.1. The van der Waals surface area contributed by atoms with E-state index in [1.807, 2.05) is 0 Å². The first-order valence-electron chi connectivity index (χ1n) is 7.44. The van der Waals surface area contributed by atoms with E-state index in [1.54, 1.807) is 12.1 Å². The van der Waals surface area contributed by atoms with E-state index in [2.05, 4.69) is 15.4 Å². The third-order valence-electron chi connectivity index (χ3n) is 3.22. The van der Waals surface area contributed by atoms with E-state index >= 15 is 0 Å². The minimum atomic E-state index is -3.46. The fraction of sp³-hybridized carbons (Fsp3) is 0.467. The quantitative estimate of drug-likeness (QED) is 0.484. The molecule has 0 aliphatic rings. The summed E-state index contributed by atoms with van der Waals surface area (Å²) in [5.74, 6) is -0.522. The van der Waals surface area contributed by atoms with E-state index in [1.165, 1.54) is 26.3 Å². The highest BCUT2D eigenvalue weighted by molar-refractivity contribution is 7.89. The molecule has 0 radical (unpaired) electrons. The van der Waals surface area contributed by atoms with E-state index in [4.69, 9.17) is 4.74 Å². The van der Waals surface area contributed by atoms with Gasteiger partial charge in [0.25, 0.3) is 0 Å². The molecule has 1 aromatic carbocycles. The van der Waals surface area contributed by atoms with Gasteiger partial charge in [-0.3, -0.25) is 9.59 Å². The van der Waals surface area contributed by atoms with Crippen molar-refractivity contribution in [1.29, 1.82) is 0 Å². The Kier molecular flexibility index (Phi) is 8.37. The van der Waals surface area contributed by atoms with Crippen molar-refractivity contribution >= 4 is 21.8 Å². The second-order valence-corrected chi connectivity index (χ2v) is 6.86. The summed E-state index contributed by atoms with van der Waals surface area (Å²) in [5, 5.41) is 5.12. The van der Waals surface area contributed by atoms with Crippen LogP contribution in [0.3, 0.4) is 0 Å². The Morgan fingerprint density at radius 3 is 2.33 bits per heavy atom. The molecular weight excluding hydrogens is 334 g/mol. The van der Waals surface area contributed by atoms with Gasteiger partial charge in [0.1, 0.15) is 0 Å². The number of methoxy groups -OCH3 is 1. The first kappa shape index (κ1) is 20.1. The minimum Gasteiger partial charge on any atom is -0.383 e. The number of nitrogens with one attached hydrogen (secondary N) is 3. The number of aryl methyl sites for hydroxylation is 1. The van der Waals surface area contributed by atoms with Crippen molar-refractivity contribution in [1.82, 2.24) is 15.4 Å². The monoisotopic (exact) mass is 357 g/mol. The Balaban J connectivity index is 2.35. The van der Waals surface area contributed by atoms with Crippen LogP contribution in [0.5, 0.6) is 0 Å². The summed E-state index contributed by atoms with van der Waals surface area (Å²) in [4.78, 5) is 23.3. The summed E-state index contributed by atoms with van der Waals surface area (Å²) in [6.07, 6.45) is 0.667. The number of hydrogen-bond donors (Lipinski definition) is 3. The number of carbonyl (C=O) groups is 2. The summed E-state index contributed by atoms with van der Waals surface area (Å²) >= 11 is 0. The maximum absolute atomic E-state index is 11.7. The van der Waals surface area contributed by atoms with Gasteiger partial charge in [0.05, 0.1) is 18.0 Å².